The number of rotatable bonds is 6. The summed E-state index contributed by atoms with van der Waals surface area (Å²) in [7, 11) is 3.14. The van der Waals surface area contributed by atoms with E-state index in [4.69, 9.17) is 13.9 Å². The summed E-state index contributed by atoms with van der Waals surface area (Å²) < 4.78 is 15.8. The molecule has 0 radical (unpaired) electrons. The van der Waals surface area contributed by atoms with E-state index in [0.29, 0.717) is 23.7 Å². The summed E-state index contributed by atoms with van der Waals surface area (Å²) in [4.78, 5) is 12.1. The Balaban J connectivity index is 1.59. The molecule has 0 bridgehead atoms. The summed E-state index contributed by atoms with van der Waals surface area (Å²) in [5, 5.41) is 12.9. The first-order chi connectivity index (χ1) is 12.7. The van der Waals surface area contributed by atoms with Crippen molar-refractivity contribution in [3.63, 3.8) is 0 Å². The van der Waals surface area contributed by atoms with Gasteiger partial charge in [-0.1, -0.05) is 29.4 Å². The van der Waals surface area contributed by atoms with Gasteiger partial charge in [-0.2, -0.15) is 0 Å². The summed E-state index contributed by atoms with van der Waals surface area (Å²) in [5.41, 5.74) is 1.52. The number of aromatic nitrogens is 2. The highest BCUT2D eigenvalue weighted by molar-refractivity contribution is 5.99. The lowest BCUT2D eigenvalue weighted by atomic mass is 10.1. The van der Waals surface area contributed by atoms with Crippen molar-refractivity contribution < 1.29 is 18.7 Å². The lowest BCUT2D eigenvalue weighted by Crippen LogP contribution is -2.20. The van der Waals surface area contributed by atoms with Gasteiger partial charge < -0.3 is 19.2 Å². The number of para-hydroxylation sites is 2. The van der Waals surface area contributed by atoms with Gasteiger partial charge in [-0.05, 0) is 29.8 Å². The van der Waals surface area contributed by atoms with Gasteiger partial charge in [0.1, 0.15) is 11.5 Å². The highest BCUT2D eigenvalue weighted by atomic mass is 16.5. The Kier molecular flexibility index (Phi) is 5.33. The Morgan fingerprint density at radius 2 is 1.77 bits per heavy atom. The number of hydrogen-bond acceptors (Lipinski definition) is 6. The molecule has 2 N–H and O–H groups in total. The fourth-order valence-corrected chi connectivity index (χ4v) is 2.29. The standard InChI is InChI=1S/C18H18N4O4/c1-24-13-9-7-12(8-10-13)11-16-21-22-18(26-16)20-17(23)19-14-5-3-4-6-15(14)25-2/h3-10H,11H2,1-2H3,(H2,19,20,22,23). The van der Waals surface area contributed by atoms with E-state index in [1.165, 1.54) is 7.11 Å². The molecule has 3 rings (SSSR count). The van der Waals surface area contributed by atoms with E-state index in [2.05, 4.69) is 20.8 Å². The maximum atomic E-state index is 12.1. The van der Waals surface area contributed by atoms with Crippen LogP contribution >= 0.6 is 0 Å². The number of nitrogens with zero attached hydrogens (tertiary/aromatic N) is 2. The van der Waals surface area contributed by atoms with Crippen molar-refractivity contribution in [2.45, 2.75) is 6.42 Å². The number of hydrogen-bond donors (Lipinski definition) is 2. The van der Waals surface area contributed by atoms with E-state index in [-0.39, 0.29) is 6.01 Å². The molecule has 0 fully saturated rings. The van der Waals surface area contributed by atoms with Crippen molar-refractivity contribution in [2.75, 3.05) is 24.9 Å². The number of benzene rings is 2. The van der Waals surface area contributed by atoms with Crippen LogP contribution in [-0.4, -0.2) is 30.4 Å². The van der Waals surface area contributed by atoms with Gasteiger partial charge in [0, 0.05) is 0 Å². The van der Waals surface area contributed by atoms with Crippen LogP contribution in [-0.2, 0) is 6.42 Å². The van der Waals surface area contributed by atoms with Crippen LogP contribution in [0.25, 0.3) is 0 Å². The van der Waals surface area contributed by atoms with E-state index < -0.39 is 6.03 Å². The van der Waals surface area contributed by atoms with Crippen LogP contribution in [0.15, 0.2) is 52.9 Å². The van der Waals surface area contributed by atoms with Gasteiger partial charge in [0.25, 0.3) is 0 Å². The summed E-state index contributed by atoms with van der Waals surface area (Å²) in [6.07, 6.45) is 0.451. The quantitative estimate of drug-likeness (QED) is 0.704. The maximum absolute atomic E-state index is 12.1. The monoisotopic (exact) mass is 354 g/mol. The second-order valence-corrected chi connectivity index (χ2v) is 5.31. The van der Waals surface area contributed by atoms with E-state index in [0.717, 1.165) is 11.3 Å². The lowest BCUT2D eigenvalue weighted by molar-refractivity contribution is 0.261. The third-order valence-electron chi connectivity index (χ3n) is 3.56. The van der Waals surface area contributed by atoms with Crippen LogP contribution in [0.3, 0.4) is 0 Å². The van der Waals surface area contributed by atoms with Crippen LogP contribution in [0.2, 0.25) is 0 Å². The summed E-state index contributed by atoms with van der Waals surface area (Å²) in [6, 6.07) is 14.1. The molecule has 26 heavy (non-hydrogen) atoms. The molecular weight excluding hydrogens is 336 g/mol. The van der Waals surface area contributed by atoms with Crippen LogP contribution in [0.4, 0.5) is 16.5 Å². The molecular formula is C18H18N4O4. The minimum atomic E-state index is -0.505. The maximum Gasteiger partial charge on any atom is 0.327 e. The topological polar surface area (TPSA) is 98.5 Å². The van der Waals surface area contributed by atoms with Crippen molar-refractivity contribution in [1.82, 2.24) is 10.2 Å². The Labute approximate surface area is 150 Å². The van der Waals surface area contributed by atoms with Crippen molar-refractivity contribution in [3.05, 3.63) is 60.0 Å². The highest BCUT2D eigenvalue weighted by Gasteiger charge is 2.12. The van der Waals surface area contributed by atoms with Crippen LogP contribution in [0, 0.1) is 0 Å². The van der Waals surface area contributed by atoms with E-state index in [9.17, 15) is 4.79 Å². The van der Waals surface area contributed by atoms with Gasteiger partial charge in [0.15, 0.2) is 0 Å². The molecule has 0 aliphatic heterocycles. The minimum absolute atomic E-state index is 0.0147. The SMILES string of the molecule is COc1ccc(Cc2nnc(NC(=O)Nc3ccccc3OC)o2)cc1. The zero-order valence-electron chi connectivity index (χ0n) is 14.4. The molecule has 1 aromatic heterocycles. The molecule has 3 aromatic rings. The number of carbonyl (C=O) groups excluding carboxylic acids is 1. The molecule has 8 heteroatoms. The molecule has 134 valence electrons. The summed E-state index contributed by atoms with van der Waals surface area (Å²) in [5.74, 6) is 1.71. The van der Waals surface area contributed by atoms with Gasteiger partial charge in [0.05, 0.1) is 26.3 Å². The zero-order valence-corrected chi connectivity index (χ0v) is 14.4. The van der Waals surface area contributed by atoms with Crippen LogP contribution in [0.5, 0.6) is 11.5 Å². The van der Waals surface area contributed by atoms with Gasteiger partial charge in [0.2, 0.25) is 5.89 Å². The number of amides is 2. The summed E-state index contributed by atoms with van der Waals surface area (Å²) >= 11 is 0. The van der Waals surface area contributed by atoms with E-state index in [1.807, 2.05) is 30.3 Å². The highest BCUT2D eigenvalue weighted by Crippen LogP contribution is 2.23. The Bertz CT molecular complexity index is 877. The molecule has 2 amide bonds. The molecule has 0 saturated heterocycles. The van der Waals surface area contributed by atoms with E-state index in [1.54, 1.807) is 25.3 Å². The molecule has 0 aliphatic rings. The number of carbonyl (C=O) groups is 1. The Morgan fingerprint density at radius 3 is 2.50 bits per heavy atom. The predicted molar refractivity (Wildman–Crippen MR) is 95.7 cm³/mol. The van der Waals surface area contributed by atoms with Crippen molar-refractivity contribution >= 4 is 17.7 Å². The van der Waals surface area contributed by atoms with Crippen molar-refractivity contribution in [1.29, 1.82) is 0 Å². The second kappa shape index (κ2) is 8.02. The van der Waals surface area contributed by atoms with E-state index >= 15 is 0 Å². The molecule has 0 aliphatic carbocycles. The van der Waals surface area contributed by atoms with Crippen molar-refractivity contribution in [3.8, 4) is 11.5 Å². The fourth-order valence-electron chi connectivity index (χ4n) is 2.29. The molecule has 0 atom stereocenters. The third kappa shape index (κ3) is 4.29. The van der Waals surface area contributed by atoms with Crippen LogP contribution < -0.4 is 20.1 Å². The number of nitrogens with one attached hydrogen (secondary N) is 2. The minimum Gasteiger partial charge on any atom is -0.497 e. The fraction of sp³-hybridized carbons (Fsp3) is 0.167. The predicted octanol–water partition coefficient (Wildman–Crippen LogP) is 3.32. The number of anilines is 2. The first-order valence-corrected chi connectivity index (χ1v) is 7.84. The van der Waals surface area contributed by atoms with Gasteiger partial charge in [-0.15, -0.1) is 5.10 Å². The molecule has 1 heterocycles. The lowest BCUT2D eigenvalue weighted by Gasteiger charge is -2.09. The number of methoxy groups -OCH3 is 2. The number of urea groups is 1. The average molecular weight is 354 g/mol. The molecule has 2 aromatic carbocycles. The van der Waals surface area contributed by atoms with Crippen molar-refractivity contribution in [2.24, 2.45) is 0 Å². The Hall–Kier alpha value is -3.55. The van der Waals surface area contributed by atoms with Crippen LogP contribution in [0.1, 0.15) is 11.5 Å². The molecule has 8 nitrogen and oxygen atoms in total. The molecule has 0 spiro atoms. The Morgan fingerprint density at radius 1 is 1.00 bits per heavy atom. The summed E-state index contributed by atoms with van der Waals surface area (Å²) in [6.45, 7) is 0. The normalized spacial score (nSPS) is 10.2. The first-order valence-electron chi connectivity index (χ1n) is 7.84. The largest absolute Gasteiger partial charge is 0.497 e. The third-order valence-corrected chi connectivity index (χ3v) is 3.56. The second-order valence-electron chi connectivity index (χ2n) is 5.31. The van der Waals surface area contributed by atoms with Gasteiger partial charge >= 0.3 is 12.0 Å². The van der Waals surface area contributed by atoms with Gasteiger partial charge in [-0.3, -0.25) is 5.32 Å². The number of ether oxygens (including phenoxy) is 2. The average Bonchev–Trinajstić information content (AvgIpc) is 3.09. The first kappa shape index (κ1) is 17.3. The smallest absolute Gasteiger partial charge is 0.327 e. The molecule has 0 saturated carbocycles. The van der Waals surface area contributed by atoms with Gasteiger partial charge in [-0.25, -0.2) is 4.79 Å². The molecule has 0 unspecified atom stereocenters. The zero-order chi connectivity index (χ0) is 18.4.